The van der Waals surface area contributed by atoms with Gasteiger partial charge in [-0.2, -0.15) is 0 Å². The molecule has 9 nitrogen and oxygen atoms in total. The molecule has 4 heterocycles. The number of aromatic nitrogens is 2. The number of allylic oxidation sites excluding steroid dienone is 4. The van der Waals surface area contributed by atoms with Crippen molar-refractivity contribution in [1.29, 1.82) is 0 Å². The van der Waals surface area contributed by atoms with Crippen LogP contribution in [0.2, 0.25) is 0 Å². The first kappa shape index (κ1) is 22.9. The van der Waals surface area contributed by atoms with Gasteiger partial charge in [0.25, 0.3) is 0 Å². The van der Waals surface area contributed by atoms with E-state index in [1.54, 1.807) is 25.6 Å². The van der Waals surface area contributed by atoms with E-state index in [0.717, 1.165) is 47.9 Å². The minimum Gasteiger partial charge on any atom is -0.481 e. The summed E-state index contributed by atoms with van der Waals surface area (Å²) < 4.78 is 27.9. The highest BCUT2D eigenvalue weighted by Gasteiger charge is 2.36. The van der Waals surface area contributed by atoms with Crippen molar-refractivity contribution in [2.45, 2.75) is 31.8 Å². The maximum absolute atomic E-state index is 12.4. The van der Waals surface area contributed by atoms with Gasteiger partial charge in [0.2, 0.25) is 11.8 Å². The van der Waals surface area contributed by atoms with Crippen LogP contribution in [0.4, 0.5) is 4.79 Å². The summed E-state index contributed by atoms with van der Waals surface area (Å²) in [5, 5.41) is 0. The van der Waals surface area contributed by atoms with Crippen LogP contribution < -0.4 is 4.74 Å². The smallest absolute Gasteiger partial charge is 0.417 e. The average molecular weight is 478 g/mol. The number of hydrogen-bond donors (Lipinski definition) is 0. The van der Waals surface area contributed by atoms with Crippen LogP contribution in [-0.2, 0) is 25.4 Å². The molecular formula is C26H27N3O6. The van der Waals surface area contributed by atoms with Crippen molar-refractivity contribution in [3.63, 3.8) is 0 Å². The Balaban J connectivity index is 1.09. The maximum Gasteiger partial charge on any atom is 0.417 e. The van der Waals surface area contributed by atoms with Gasteiger partial charge in [-0.25, -0.2) is 14.7 Å². The molecule has 1 fully saturated rings. The number of rotatable bonds is 9. The first-order valence-corrected chi connectivity index (χ1v) is 11.7. The Labute approximate surface area is 203 Å². The summed E-state index contributed by atoms with van der Waals surface area (Å²) in [6, 6.07) is 5.67. The minimum atomic E-state index is -0.476. The van der Waals surface area contributed by atoms with Gasteiger partial charge in [-0.1, -0.05) is 18.2 Å². The van der Waals surface area contributed by atoms with Crippen molar-refractivity contribution in [1.82, 2.24) is 14.9 Å². The van der Waals surface area contributed by atoms with Crippen LogP contribution in [0, 0.1) is 0 Å². The fourth-order valence-electron chi connectivity index (χ4n) is 4.13. The number of aryl methyl sites for hydroxylation is 1. The van der Waals surface area contributed by atoms with E-state index in [0.29, 0.717) is 37.3 Å². The van der Waals surface area contributed by atoms with Gasteiger partial charge >= 0.3 is 6.09 Å². The lowest BCUT2D eigenvalue weighted by Crippen LogP contribution is -2.28. The molecule has 3 aliphatic rings. The SMILES string of the molecule is COc1ccc2nccc(CCCOC[C@@H]3CN(C4=COC=C(C5=CC=CCC5)O4)C(=O)O3)c2n1. The average Bonchev–Trinajstić information content (AvgIpc) is 3.29. The van der Waals surface area contributed by atoms with Crippen molar-refractivity contribution in [3.05, 3.63) is 77.9 Å². The molecule has 0 radical (unpaired) electrons. The molecule has 0 unspecified atom stereocenters. The van der Waals surface area contributed by atoms with Gasteiger partial charge in [-0.3, -0.25) is 4.98 Å². The second kappa shape index (κ2) is 10.6. The Morgan fingerprint density at radius 1 is 1.23 bits per heavy atom. The molecule has 5 rings (SSSR count). The fraction of sp³-hybridized carbons (Fsp3) is 0.346. The molecule has 0 aromatic carbocycles. The minimum absolute atomic E-state index is 0.304. The van der Waals surface area contributed by atoms with Gasteiger partial charge in [0.1, 0.15) is 12.4 Å². The Morgan fingerprint density at radius 2 is 2.17 bits per heavy atom. The summed E-state index contributed by atoms with van der Waals surface area (Å²) in [6.45, 7) is 1.16. The van der Waals surface area contributed by atoms with E-state index in [1.165, 1.54) is 11.2 Å². The zero-order chi connectivity index (χ0) is 24.0. The molecule has 1 aliphatic carbocycles. The first-order valence-electron chi connectivity index (χ1n) is 11.7. The highest BCUT2D eigenvalue weighted by atomic mass is 16.6. The van der Waals surface area contributed by atoms with Crippen LogP contribution in [0.5, 0.6) is 5.88 Å². The lowest BCUT2D eigenvalue weighted by Gasteiger charge is -2.23. The zero-order valence-corrected chi connectivity index (χ0v) is 19.5. The van der Waals surface area contributed by atoms with E-state index in [-0.39, 0.29) is 6.10 Å². The first-order chi connectivity index (χ1) is 17.2. The van der Waals surface area contributed by atoms with E-state index in [1.807, 2.05) is 24.3 Å². The molecule has 1 amide bonds. The second-order valence-corrected chi connectivity index (χ2v) is 8.32. The molecule has 2 aromatic rings. The van der Waals surface area contributed by atoms with Gasteiger partial charge in [-0.05, 0) is 49.0 Å². The Kier molecular flexibility index (Phi) is 6.94. The van der Waals surface area contributed by atoms with Crippen LogP contribution >= 0.6 is 0 Å². The Bertz CT molecular complexity index is 1220. The number of carbonyl (C=O) groups excluding carboxylic acids is 1. The largest absolute Gasteiger partial charge is 0.481 e. The van der Waals surface area contributed by atoms with Crippen LogP contribution in [0.25, 0.3) is 11.0 Å². The molecule has 0 bridgehead atoms. The number of methoxy groups -OCH3 is 1. The number of pyridine rings is 2. The molecule has 9 heteroatoms. The van der Waals surface area contributed by atoms with E-state index in [9.17, 15) is 4.79 Å². The molecule has 1 saturated heterocycles. The molecule has 2 aliphatic heterocycles. The number of amides is 1. The van der Waals surface area contributed by atoms with Gasteiger partial charge in [0.15, 0.2) is 12.0 Å². The summed E-state index contributed by atoms with van der Waals surface area (Å²) >= 11 is 0. The summed E-state index contributed by atoms with van der Waals surface area (Å²) in [7, 11) is 1.60. The molecule has 0 saturated carbocycles. The lowest BCUT2D eigenvalue weighted by molar-refractivity contribution is 0.0451. The number of nitrogens with zero attached hydrogens (tertiary/aromatic N) is 3. The van der Waals surface area contributed by atoms with Crippen LogP contribution in [-0.4, -0.2) is 53.9 Å². The van der Waals surface area contributed by atoms with E-state index in [4.69, 9.17) is 23.7 Å². The lowest BCUT2D eigenvalue weighted by atomic mass is 10.0. The number of ether oxygens (including phenoxy) is 5. The summed E-state index contributed by atoms with van der Waals surface area (Å²) in [4.78, 5) is 22.7. The topological polar surface area (TPSA) is 92.2 Å². The number of cyclic esters (lactones) is 1. The predicted molar refractivity (Wildman–Crippen MR) is 127 cm³/mol. The molecule has 2 aromatic heterocycles. The maximum atomic E-state index is 12.4. The summed E-state index contributed by atoms with van der Waals surface area (Å²) in [5.41, 5.74) is 3.79. The summed E-state index contributed by atoms with van der Waals surface area (Å²) in [5.74, 6) is 1.49. The molecule has 35 heavy (non-hydrogen) atoms. The standard InChI is InChI=1S/C26H27N3O6/c1-31-23-10-9-21-25(28-23)19(11-12-27-21)8-5-13-32-15-20-14-29(26(30)34-20)24-17-33-16-22(35-24)18-6-3-2-4-7-18/h2-3,6,9-12,16-17,20H,4-5,7-8,13-15H2,1H3/t20-/m0/s1. The van der Waals surface area contributed by atoms with E-state index >= 15 is 0 Å². The Morgan fingerprint density at radius 3 is 3.03 bits per heavy atom. The highest BCUT2D eigenvalue weighted by Crippen LogP contribution is 2.29. The number of carbonyl (C=O) groups is 1. The summed E-state index contributed by atoms with van der Waals surface area (Å²) in [6.07, 6.45) is 13.3. The second-order valence-electron chi connectivity index (χ2n) is 8.32. The third kappa shape index (κ3) is 5.30. The Hall–Kier alpha value is -3.85. The monoisotopic (exact) mass is 477 g/mol. The molecule has 1 atom stereocenters. The zero-order valence-electron chi connectivity index (χ0n) is 19.5. The normalized spacial score (nSPS) is 19.5. The number of hydrogen-bond acceptors (Lipinski definition) is 8. The molecule has 182 valence electrons. The third-order valence-corrected chi connectivity index (χ3v) is 5.92. The van der Waals surface area contributed by atoms with Crippen LogP contribution in [0.15, 0.2) is 72.4 Å². The van der Waals surface area contributed by atoms with E-state index in [2.05, 4.69) is 16.0 Å². The number of fused-ring (bicyclic) bond motifs is 1. The van der Waals surface area contributed by atoms with Gasteiger partial charge in [-0.15, -0.1) is 0 Å². The van der Waals surface area contributed by atoms with Crippen molar-refractivity contribution in [3.8, 4) is 5.88 Å². The van der Waals surface area contributed by atoms with Crippen LogP contribution in [0.3, 0.4) is 0 Å². The molecule has 0 spiro atoms. The van der Waals surface area contributed by atoms with Crippen LogP contribution in [0.1, 0.15) is 24.8 Å². The quantitative estimate of drug-likeness (QED) is 0.492. The predicted octanol–water partition coefficient (Wildman–Crippen LogP) is 4.37. The van der Waals surface area contributed by atoms with Gasteiger partial charge < -0.3 is 23.7 Å². The van der Waals surface area contributed by atoms with Gasteiger partial charge in [0, 0.05) is 18.9 Å². The fourth-order valence-corrected chi connectivity index (χ4v) is 4.13. The molecular weight excluding hydrogens is 450 g/mol. The molecule has 0 N–H and O–H groups in total. The van der Waals surface area contributed by atoms with Crippen molar-refractivity contribution in [2.24, 2.45) is 0 Å². The van der Waals surface area contributed by atoms with Crippen molar-refractivity contribution < 1.29 is 28.5 Å². The van der Waals surface area contributed by atoms with E-state index < -0.39 is 6.09 Å². The van der Waals surface area contributed by atoms with Crippen molar-refractivity contribution in [2.75, 3.05) is 26.9 Å². The van der Waals surface area contributed by atoms with Crippen molar-refractivity contribution >= 4 is 17.1 Å². The van der Waals surface area contributed by atoms with Gasteiger partial charge in [0.05, 0.1) is 31.3 Å². The highest BCUT2D eigenvalue weighted by molar-refractivity contribution is 5.78. The third-order valence-electron chi connectivity index (χ3n) is 5.92.